The first-order valence-electron chi connectivity index (χ1n) is 5.54. The summed E-state index contributed by atoms with van der Waals surface area (Å²) in [4.78, 5) is 10.2. The summed E-state index contributed by atoms with van der Waals surface area (Å²) in [7, 11) is 0. The molecule has 2 aromatic rings. The highest BCUT2D eigenvalue weighted by molar-refractivity contribution is 5.72. The van der Waals surface area contributed by atoms with Crippen molar-refractivity contribution in [1.29, 1.82) is 0 Å². The predicted octanol–water partition coefficient (Wildman–Crippen LogP) is 3.58. The molecule has 0 aliphatic carbocycles. The van der Waals surface area contributed by atoms with Crippen molar-refractivity contribution in [3.8, 4) is 16.9 Å². The maximum absolute atomic E-state index is 10.8. The number of rotatable bonds is 2. The van der Waals surface area contributed by atoms with Gasteiger partial charge in [0.1, 0.15) is 0 Å². The lowest BCUT2D eigenvalue weighted by atomic mass is 9.97. The monoisotopic (exact) mass is 243 g/mol. The van der Waals surface area contributed by atoms with Gasteiger partial charge in [0.15, 0.2) is 5.75 Å². The first-order chi connectivity index (χ1) is 8.50. The Kier molecular flexibility index (Phi) is 3.02. The number of benzene rings is 2. The molecule has 2 aromatic carbocycles. The van der Waals surface area contributed by atoms with Crippen LogP contribution in [0.2, 0.25) is 0 Å². The molecule has 92 valence electrons. The number of nitrogens with zero attached hydrogens (tertiary/aromatic N) is 1. The zero-order valence-corrected chi connectivity index (χ0v) is 10.2. The van der Waals surface area contributed by atoms with Crippen molar-refractivity contribution in [3.63, 3.8) is 0 Å². The van der Waals surface area contributed by atoms with E-state index in [1.807, 2.05) is 32.0 Å². The van der Waals surface area contributed by atoms with Crippen molar-refractivity contribution in [3.05, 3.63) is 57.6 Å². The molecule has 0 saturated carbocycles. The lowest BCUT2D eigenvalue weighted by molar-refractivity contribution is -0.385. The summed E-state index contributed by atoms with van der Waals surface area (Å²) in [5.41, 5.74) is 3.62. The molecule has 0 aromatic heterocycles. The average Bonchev–Trinajstić information content (AvgIpc) is 2.33. The van der Waals surface area contributed by atoms with Crippen LogP contribution in [0.3, 0.4) is 0 Å². The first kappa shape index (κ1) is 12.1. The summed E-state index contributed by atoms with van der Waals surface area (Å²) in [6.45, 7) is 3.97. The minimum absolute atomic E-state index is 0.270. The molecule has 0 radical (unpaired) electrons. The zero-order chi connectivity index (χ0) is 13.3. The second kappa shape index (κ2) is 4.49. The molecule has 0 saturated heterocycles. The quantitative estimate of drug-likeness (QED) is 0.647. The molecule has 0 fully saturated rings. The van der Waals surface area contributed by atoms with Gasteiger partial charge in [-0.25, -0.2) is 0 Å². The fourth-order valence-corrected chi connectivity index (χ4v) is 1.90. The number of phenolic OH excluding ortho intramolecular Hbond substituents is 1. The molecule has 4 heteroatoms. The molecule has 0 atom stereocenters. The SMILES string of the molecule is Cc1cccc(-c2ccc(O)c([N+](=O)[O-])c2)c1C. The fraction of sp³-hybridized carbons (Fsp3) is 0.143. The molecule has 0 bridgehead atoms. The predicted molar refractivity (Wildman–Crippen MR) is 69.7 cm³/mol. The van der Waals surface area contributed by atoms with Crippen molar-refractivity contribution in [1.82, 2.24) is 0 Å². The Morgan fingerprint density at radius 2 is 1.89 bits per heavy atom. The minimum Gasteiger partial charge on any atom is -0.502 e. The molecule has 4 nitrogen and oxygen atoms in total. The summed E-state index contributed by atoms with van der Waals surface area (Å²) in [6, 6.07) is 10.3. The van der Waals surface area contributed by atoms with Gasteiger partial charge in [0.05, 0.1) is 4.92 Å². The minimum atomic E-state index is -0.579. The van der Waals surface area contributed by atoms with Crippen molar-refractivity contribution >= 4 is 5.69 Å². The van der Waals surface area contributed by atoms with E-state index in [1.165, 1.54) is 12.1 Å². The normalized spacial score (nSPS) is 10.3. The molecule has 2 rings (SSSR count). The standard InChI is InChI=1S/C14H13NO3/c1-9-4-3-5-12(10(9)2)11-6-7-14(16)13(8-11)15(17)18/h3-8,16H,1-2H3. The van der Waals surface area contributed by atoms with E-state index in [-0.39, 0.29) is 11.4 Å². The van der Waals surface area contributed by atoms with Gasteiger partial charge < -0.3 is 5.11 Å². The number of hydrogen-bond donors (Lipinski definition) is 1. The lowest BCUT2D eigenvalue weighted by Crippen LogP contribution is -1.91. The number of nitro groups is 1. The average molecular weight is 243 g/mol. The number of phenols is 1. The zero-order valence-electron chi connectivity index (χ0n) is 10.2. The molecular weight excluding hydrogens is 230 g/mol. The van der Waals surface area contributed by atoms with E-state index in [9.17, 15) is 15.2 Å². The van der Waals surface area contributed by atoms with Crippen LogP contribution in [0.5, 0.6) is 5.75 Å². The Labute approximate surface area is 105 Å². The molecule has 0 amide bonds. The third-order valence-corrected chi connectivity index (χ3v) is 3.09. The second-order valence-electron chi connectivity index (χ2n) is 4.21. The number of hydrogen-bond acceptors (Lipinski definition) is 3. The lowest BCUT2D eigenvalue weighted by Gasteiger charge is -2.09. The Balaban J connectivity index is 2.62. The second-order valence-corrected chi connectivity index (χ2v) is 4.21. The summed E-state index contributed by atoms with van der Waals surface area (Å²) in [6.07, 6.45) is 0. The van der Waals surface area contributed by atoms with Gasteiger partial charge in [0.25, 0.3) is 0 Å². The largest absolute Gasteiger partial charge is 0.502 e. The maximum Gasteiger partial charge on any atom is 0.311 e. The molecule has 0 unspecified atom stereocenters. The van der Waals surface area contributed by atoms with Crippen molar-refractivity contribution < 1.29 is 10.0 Å². The van der Waals surface area contributed by atoms with Gasteiger partial charge in [0.2, 0.25) is 0 Å². The van der Waals surface area contributed by atoms with Crippen molar-refractivity contribution in [2.24, 2.45) is 0 Å². The number of aryl methyl sites for hydroxylation is 1. The van der Waals surface area contributed by atoms with Gasteiger partial charge in [-0.3, -0.25) is 10.1 Å². The van der Waals surface area contributed by atoms with Crippen LogP contribution in [0.1, 0.15) is 11.1 Å². The van der Waals surface area contributed by atoms with E-state index in [2.05, 4.69) is 0 Å². The van der Waals surface area contributed by atoms with Crippen molar-refractivity contribution in [2.45, 2.75) is 13.8 Å². The van der Waals surface area contributed by atoms with Crippen LogP contribution < -0.4 is 0 Å². The molecule has 18 heavy (non-hydrogen) atoms. The van der Waals surface area contributed by atoms with Crippen LogP contribution in [0.25, 0.3) is 11.1 Å². The molecular formula is C14H13NO3. The van der Waals surface area contributed by atoms with Crippen LogP contribution in [-0.2, 0) is 0 Å². The summed E-state index contributed by atoms with van der Waals surface area (Å²) in [5.74, 6) is -0.311. The number of nitro benzene ring substituents is 1. The maximum atomic E-state index is 10.8. The Hall–Kier alpha value is -2.36. The van der Waals surface area contributed by atoms with Gasteiger partial charge in [-0.1, -0.05) is 24.3 Å². The summed E-state index contributed by atoms with van der Waals surface area (Å²) in [5, 5.41) is 20.2. The van der Waals surface area contributed by atoms with Gasteiger partial charge in [-0.15, -0.1) is 0 Å². The summed E-state index contributed by atoms with van der Waals surface area (Å²) >= 11 is 0. The van der Waals surface area contributed by atoms with Gasteiger partial charge in [-0.2, -0.15) is 0 Å². The van der Waals surface area contributed by atoms with E-state index in [0.717, 1.165) is 22.3 Å². The summed E-state index contributed by atoms with van der Waals surface area (Å²) < 4.78 is 0. The third-order valence-electron chi connectivity index (χ3n) is 3.09. The van der Waals surface area contributed by atoms with Crippen LogP contribution >= 0.6 is 0 Å². The Bertz CT molecular complexity index is 620. The fourth-order valence-electron chi connectivity index (χ4n) is 1.90. The third kappa shape index (κ3) is 2.05. The van der Waals surface area contributed by atoms with Gasteiger partial charge >= 0.3 is 5.69 Å². The van der Waals surface area contributed by atoms with E-state index >= 15 is 0 Å². The van der Waals surface area contributed by atoms with E-state index < -0.39 is 4.92 Å². The molecule has 1 N–H and O–H groups in total. The Morgan fingerprint density at radius 3 is 2.56 bits per heavy atom. The van der Waals surface area contributed by atoms with E-state index in [4.69, 9.17) is 0 Å². The van der Waals surface area contributed by atoms with Gasteiger partial charge in [0, 0.05) is 6.07 Å². The smallest absolute Gasteiger partial charge is 0.311 e. The molecule has 0 aliphatic rings. The first-order valence-corrected chi connectivity index (χ1v) is 5.54. The van der Waals surface area contributed by atoms with E-state index in [0.29, 0.717) is 0 Å². The van der Waals surface area contributed by atoms with Crippen LogP contribution in [0.15, 0.2) is 36.4 Å². The topological polar surface area (TPSA) is 63.4 Å². The Morgan fingerprint density at radius 1 is 1.17 bits per heavy atom. The molecule has 0 spiro atoms. The highest BCUT2D eigenvalue weighted by atomic mass is 16.6. The number of aromatic hydroxyl groups is 1. The van der Waals surface area contributed by atoms with Crippen LogP contribution in [0.4, 0.5) is 5.69 Å². The van der Waals surface area contributed by atoms with Crippen molar-refractivity contribution in [2.75, 3.05) is 0 Å². The van der Waals surface area contributed by atoms with E-state index in [1.54, 1.807) is 6.07 Å². The van der Waals surface area contributed by atoms with Crippen LogP contribution in [0, 0.1) is 24.0 Å². The highest BCUT2D eigenvalue weighted by Crippen LogP contribution is 2.33. The highest BCUT2D eigenvalue weighted by Gasteiger charge is 2.15. The van der Waals surface area contributed by atoms with Crippen LogP contribution in [-0.4, -0.2) is 10.0 Å². The van der Waals surface area contributed by atoms with Gasteiger partial charge in [-0.05, 0) is 42.2 Å². The molecule has 0 aliphatic heterocycles. The molecule has 0 heterocycles.